The van der Waals surface area contributed by atoms with E-state index in [1.807, 2.05) is 6.07 Å². The van der Waals surface area contributed by atoms with Crippen molar-refractivity contribution in [1.82, 2.24) is 5.32 Å². The predicted molar refractivity (Wildman–Crippen MR) is 100 cm³/mol. The van der Waals surface area contributed by atoms with Crippen LogP contribution in [0.15, 0.2) is 46.9 Å². The number of carbonyl (C=O) groups excluding carboxylic acids is 2. The van der Waals surface area contributed by atoms with E-state index in [4.69, 9.17) is 14.2 Å². The molecule has 7 heteroatoms. The monoisotopic (exact) mass is 421 g/mol. The molecule has 0 radical (unpaired) electrons. The molecule has 0 aliphatic rings. The van der Waals surface area contributed by atoms with Crippen molar-refractivity contribution in [3.05, 3.63) is 58.1 Å². The Bertz CT molecular complexity index is 793. The summed E-state index contributed by atoms with van der Waals surface area (Å²) < 4.78 is 16.2. The normalized spacial score (nSPS) is 11.4. The third-order valence-electron chi connectivity index (χ3n) is 3.66. The zero-order chi connectivity index (χ0) is 19.1. The number of esters is 1. The summed E-state index contributed by atoms with van der Waals surface area (Å²) in [6.45, 7) is 1.80. The lowest BCUT2D eigenvalue weighted by molar-refractivity contribution is -0.129. The lowest BCUT2D eigenvalue weighted by atomic mass is 10.2. The van der Waals surface area contributed by atoms with E-state index in [0.29, 0.717) is 21.5 Å². The van der Waals surface area contributed by atoms with Gasteiger partial charge in [-0.3, -0.25) is 4.79 Å². The lowest BCUT2D eigenvalue weighted by Crippen LogP contribution is -2.35. The van der Waals surface area contributed by atoms with Crippen molar-refractivity contribution in [3.8, 4) is 11.5 Å². The summed E-state index contributed by atoms with van der Waals surface area (Å²) in [5.41, 5.74) is 1.20. The zero-order valence-corrected chi connectivity index (χ0v) is 16.3. The number of benzene rings is 2. The minimum atomic E-state index is -0.922. The van der Waals surface area contributed by atoms with Gasteiger partial charge in [-0.1, -0.05) is 18.2 Å². The molecular weight excluding hydrogens is 402 g/mol. The molecule has 138 valence electrons. The Morgan fingerprint density at radius 3 is 2.42 bits per heavy atom. The van der Waals surface area contributed by atoms with Crippen molar-refractivity contribution < 1.29 is 23.8 Å². The molecule has 2 aromatic rings. The molecule has 0 aliphatic heterocycles. The SMILES string of the molecule is COc1ccc(CNC(=O)C(C)OC(=O)c2ccccc2Br)cc1OC. The third-order valence-corrected chi connectivity index (χ3v) is 4.35. The van der Waals surface area contributed by atoms with Crippen molar-refractivity contribution in [1.29, 1.82) is 0 Å². The average Bonchev–Trinajstić information content (AvgIpc) is 2.65. The van der Waals surface area contributed by atoms with E-state index >= 15 is 0 Å². The van der Waals surface area contributed by atoms with Gasteiger partial charge in [0.05, 0.1) is 19.8 Å². The maximum atomic E-state index is 12.2. The Labute approximate surface area is 160 Å². The van der Waals surface area contributed by atoms with E-state index in [0.717, 1.165) is 5.56 Å². The minimum absolute atomic E-state index is 0.274. The first-order valence-corrected chi connectivity index (χ1v) is 8.69. The van der Waals surface area contributed by atoms with Gasteiger partial charge in [-0.15, -0.1) is 0 Å². The number of hydrogen-bond acceptors (Lipinski definition) is 5. The van der Waals surface area contributed by atoms with E-state index in [9.17, 15) is 9.59 Å². The first-order valence-electron chi connectivity index (χ1n) is 7.90. The van der Waals surface area contributed by atoms with Gasteiger partial charge in [0, 0.05) is 11.0 Å². The maximum Gasteiger partial charge on any atom is 0.340 e. The lowest BCUT2D eigenvalue weighted by Gasteiger charge is -2.15. The van der Waals surface area contributed by atoms with Crippen molar-refractivity contribution in [3.63, 3.8) is 0 Å². The van der Waals surface area contributed by atoms with Crippen LogP contribution in [0.25, 0.3) is 0 Å². The molecule has 0 saturated carbocycles. The second-order valence-corrected chi connectivity index (χ2v) is 6.29. The summed E-state index contributed by atoms with van der Waals surface area (Å²) in [5.74, 6) is 0.234. The molecule has 0 spiro atoms. The highest BCUT2D eigenvalue weighted by molar-refractivity contribution is 9.10. The van der Waals surface area contributed by atoms with Crippen LogP contribution in [-0.2, 0) is 16.1 Å². The Morgan fingerprint density at radius 2 is 1.77 bits per heavy atom. The summed E-state index contributed by atoms with van der Waals surface area (Å²) in [4.78, 5) is 24.3. The summed E-state index contributed by atoms with van der Waals surface area (Å²) >= 11 is 3.29. The summed E-state index contributed by atoms with van der Waals surface area (Å²) in [6, 6.07) is 12.2. The summed E-state index contributed by atoms with van der Waals surface area (Å²) in [6.07, 6.45) is -0.922. The topological polar surface area (TPSA) is 73.9 Å². The molecule has 2 rings (SSSR count). The molecule has 1 atom stereocenters. The minimum Gasteiger partial charge on any atom is -0.493 e. The molecule has 1 N–H and O–H groups in total. The van der Waals surface area contributed by atoms with Crippen LogP contribution in [0.5, 0.6) is 11.5 Å². The Balaban J connectivity index is 1.93. The Hall–Kier alpha value is -2.54. The van der Waals surface area contributed by atoms with Gasteiger partial charge in [0.1, 0.15) is 0 Å². The fourth-order valence-electron chi connectivity index (χ4n) is 2.23. The van der Waals surface area contributed by atoms with E-state index in [2.05, 4.69) is 21.2 Å². The van der Waals surface area contributed by atoms with Crippen molar-refractivity contribution in [2.45, 2.75) is 19.6 Å². The van der Waals surface area contributed by atoms with Crippen LogP contribution in [0.1, 0.15) is 22.8 Å². The standard InChI is InChI=1S/C19H20BrNO5/c1-12(26-19(23)14-6-4-5-7-15(14)20)18(22)21-11-13-8-9-16(24-2)17(10-13)25-3/h4-10,12H,11H2,1-3H3,(H,21,22). The van der Waals surface area contributed by atoms with Crippen LogP contribution in [0.3, 0.4) is 0 Å². The Kier molecular flexibility index (Phi) is 7.03. The summed E-state index contributed by atoms with van der Waals surface area (Å²) in [7, 11) is 3.10. The smallest absolute Gasteiger partial charge is 0.340 e. The quantitative estimate of drug-likeness (QED) is 0.693. The number of carbonyl (C=O) groups is 2. The van der Waals surface area contributed by atoms with Gasteiger partial charge in [0.25, 0.3) is 5.91 Å². The highest BCUT2D eigenvalue weighted by Crippen LogP contribution is 2.27. The third kappa shape index (κ3) is 4.98. The fraction of sp³-hybridized carbons (Fsp3) is 0.263. The van der Waals surface area contributed by atoms with Crippen molar-refractivity contribution >= 4 is 27.8 Å². The molecule has 0 bridgehead atoms. The molecule has 1 amide bonds. The summed E-state index contributed by atoms with van der Waals surface area (Å²) in [5, 5.41) is 2.73. The van der Waals surface area contributed by atoms with Gasteiger partial charge in [0.15, 0.2) is 17.6 Å². The molecular formula is C19H20BrNO5. The van der Waals surface area contributed by atoms with E-state index in [1.54, 1.807) is 50.6 Å². The maximum absolute atomic E-state index is 12.2. The van der Waals surface area contributed by atoms with Gasteiger partial charge in [-0.05, 0) is 52.7 Å². The molecule has 0 aromatic heterocycles. The number of rotatable bonds is 7. The van der Waals surface area contributed by atoms with Crippen LogP contribution in [0.4, 0.5) is 0 Å². The van der Waals surface area contributed by atoms with Gasteiger partial charge in [-0.25, -0.2) is 4.79 Å². The second kappa shape index (κ2) is 9.24. The molecule has 0 heterocycles. The molecule has 0 fully saturated rings. The molecule has 26 heavy (non-hydrogen) atoms. The van der Waals surface area contributed by atoms with Crippen LogP contribution < -0.4 is 14.8 Å². The fourth-order valence-corrected chi connectivity index (χ4v) is 2.67. The first kappa shape index (κ1) is 19.8. The average molecular weight is 422 g/mol. The number of methoxy groups -OCH3 is 2. The molecule has 2 aromatic carbocycles. The van der Waals surface area contributed by atoms with Gasteiger partial charge < -0.3 is 19.5 Å². The van der Waals surface area contributed by atoms with E-state index in [-0.39, 0.29) is 12.5 Å². The van der Waals surface area contributed by atoms with E-state index < -0.39 is 12.1 Å². The first-order chi connectivity index (χ1) is 12.5. The van der Waals surface area contributed by atoms with Crippen LogP contribution in [0, 0.1) is 0 Å². The molecule has 6 nitrogen and oxygen atoms in total. The van der Waals surface area contributed by atoms with Gasteiger partial charge in [0.2, 0.25) is 0 Å². The van der Waals surface area contributed by atoms with Crippen molar-refractivity contribution in [2.75, 3.05) is 14.2 Å². The zero-order valence-electron chi connectivity index (χ0n) is 14.7. The highest BCUT2D eigenvalue weighted by Gasteiger charge is 2.20. The van der Waals surface area contributed by atoms with Crippen LogP contribution >= 0.6 is 15.9 Å². The number of ether oxygens (including phenoxy) is 3. The van der Waals surface area contributed by atoms with Gasteiger partial charge >= 0.3 is 5.97 Å². The number of amides is 1. The Morgan fingerprint density at radius 1 is 1.08 bits per heavy atom. The molecule has 0 aliphatic carbocycles. The largest absolute Gasteiger partial charge is 0.493 e. The van der Waals surface area contributed by atoms with Crippen LogP contribution in [0.2, 0.25) is 0 Å². The second-order valence-electron chi connectivity index (χ2n) is 5.43. The number of halogens is 1. The van der Waals surface area contributed by atoms with Gasteiger partial charge in [-0.2, -0.15) is 0 Å². The number of nitrogens with one attached hydrogen (secondary N) is 1. The highest BCUT2D eigenvalue weighted by atomic mass is 79.9. The predicted octanol–water partition coefficient (Wildman–Crippen LogP) is 3.33. The van der Waals surface area contributed by atoms with E-state index in [1.165, 1.54) is 6.92 Å². The molecule has 0 saturated heterocycles. The number of hydrogen-bond donors (Lipinski definition) is 1. The van der Waals surface area contributed by atoms with Crippen LogP contribution in [-0.4, -0.2) is 32.2 Å². The molecule has 1 unspecified atom stereocenters. The van der Waals surface area contributed by atoms with Crippen molar-refractivity contribution in [2.24, 2.45) is 0 Å².